The molecule has 1 N–H and O–H groups in total. The highest BCUT2D eigenvalue weighted by atomic mass is 32.2. The Labute approximate surface area is 199 Å². The first-order valence-electron chi connectivity index (χ1n) is 10.9. The molecule has 0 saturated carbocycles. The molecule has 182 valence electrons. The Morgan fingerprint density at radius 3 is 2.50 bits per heavy atom. The Bertz CT molecular complexity index is 1320. The Kier molecular flexibility index (Phi) is 7.40. The number of ether oxygens (including phenoxy) is 1. The van der Waals surface area contributed by atoms with Crippen molar-refractivity contribution in [2.75, 3.05) is 7.11 Å². The normalized spacial score (nSPS) is 11.8. The first-order chi connectivity index (χ1) is 15.9. The summed E-state index contributed by atoms with van der Waals surface area (Å²) in [6, 6.07) is 5.99. The molecule has 2 aromatic heterocycles. The smallest absolute Gasteiger partial charge is 0.267 e. The van der Waals surface area contributed by atoms with Crippen molar-refractivity contribution in [2.24, 2.45) is 0 Å². The molecule has 0 atom stereocenters. The summed E-state index contributed by atoms with van der Waals surface area (Å²) in [4.78, 5) is 17.0. The van der Waals surface area contributed by atoms with E-state index in [0.29, 0.717) is 33.8 Å². The number of aromatic nitrogens is 3. The monoisotopic (exact) mass is 488 g/mol. The molecule has 0 radical (unpaired) electrons. The number of carbonyl (C=O) groups is 1. The van der Waals surface area contributed by atoms with E-state index in [0.717, 1.165) is 0 Å². The molecule has 0 aliphatic heterocycles. The molecule has 0 unspecified atom stereocenters. The SMILES string of the molecule is COc1cc(-c2cc(F)cc(C(C)C)c2CC(=O)NS(=O)(=O)c2cn(C(C)C)nc2C)ccn1. The maximum Gasteiger partial charge on any atom is 0.267 e. The number of amides is 1. The first-order valence-corrected chi connectivity index (χ1v) is 12.3. The average molecular weight is 489 g/mol. The van der Waals surface area contributed by atoms with Crippen LogP contribution in [0.1, 0.15) is 56.5 Å². The van der Waals surface area contributed by atoms with E-state index in [2.05, 4.69) is 14.8 Å². The molecule has 1 aromatic carbocycles. The zero-order valence-electron chi connectivity index (χ0n) is 20.1. The highest BCUT2D eigenvalue weighted by molar-refractivity contribution is 7.90. The third kappa shape index (κ3) is 5.44. The molecule has 3 aromatic rings. The van der Waals surface area contributed by atoms with E-state index in [-0.39, 0.29) is 23.3 Å². The van der Waals surface area contributed by atoms with Crippen molar-refractivity contribution in [2.45, 2.75) is 57.9 Å². The number of hydrogen-bond acceptors (Lipinski definition) is 6. The van der Waals surface area contributed by atoms with Crippen LogP contribution in [-0.4, -0.2) is 36.2 Å². The van der Waals surface area contributed by atoms with E-state index in [1.54, 1.807) is 19.1 Å². The largest absolute Gasteiger partial charge is 0.481 e. The summed E-state index contributed by atoms with van der Waals surface area (Å²) in [7, 11) is -2.67. The lowest BCUT2D eigenvalue weighted by molar-refractivity contribution is -0.118. The molecule has 10 heteroatoms. The van der Waals surface area contributed by atoms with Crippen molar-refractivity contribution in [3.63, 3.8) is 0 Å². The van der Waals surface area contributed by atoms with Gasteiger partial charge in [-0.2, -0.15) is 5.10 Å². The number of aryl methyl sites for hydroxylation is 1. The molecule has 3 rings (SSSR count). The van der Waals surface area contributed by atoms with Gasteiger partial charge in [0.25, 0.3) is 10.0 Å². The maximum atomic E-state index is 14.5. The van der Waals surface area contributed by atoms with Crippen molar-refractivity contribution in [1.82, 2.24) is 19.5 Å². The van der Waals surface area contributed by atoms with Gasteiger partial charge in [-0.3, -0.25) is 9.48 Å². The summed E-state index contributed by atoms with van der Waals surface area (Å²) < 4.78 is 49.2. The van der Waals surface area contributed by atoms with Crippen LogP contribution in [0.3, 0.4) is 0 Å². The lowest BCUT2D eigenvalue weighted by Gasteiger charge is -2.18. The van der Waals surface area contributed by atoms with Gasteiger partial charge in [0, 0.05) is 24.5 Å². The molecular weight excluding hydrogens is 459 g/mol. The van der Waals surface area contributed by atoms with Crippen molar-refractivity contribution >= 4 is 15.9 Å². The van der Waals surface area contributed by atoms with Gasteiger partial charge in [-0.1, -0.05) is 13.8 Å². The zero-order valence-corrected chi connectivity index (χ0v) is 20.9. The highest BCUT2D eigenvalue weighted by Gasteiger charge is 2.25. The minimum atomic E-state index is -4.14. The average Bonchev–Trinajstić information content (AvgIpc) is 3.17. The lowest BCUT2D eigenvalue weighted by Crippen LogP contribution is -2.32. The zero-order chi connectivity index (χ0) is 25.2. The third-order valence-corrected chi connectivity index (χ3v) is 6.88. The van der Waals surface area contributed by atoms with E-state index in [1.165, 1.54) is 36.3 Å². The van der Waals surface area contributed by atoms with Gasteiger partial charge in [0.2, 0.25) is 11.8 Å². The molecule has 0 aliphatic rings. The molecule has 1 amide bonds. The summed E-state index contributed by atoms with van der Waals surface area (Å²) >= 11 is 0. The Morgan fingerprint density at radius 2 is 1.91 bits per heavy atom. The standard InChI is InChI=1S/C24H29FN4O4S/c1-14(2)19-10-18(25)11-20(17-7-8-26-24(9-17)33-6)21(19)12-23(30)28-34(31,32)22-13-29(15(3)4)27-16(22)5/h7-11,13-15H,12H2,1-6H3,(H,28,30). The van der Waals surface area contributed by atoms with Crippen LogP contribution in [0, 0.1) is 12.7 Å². The van der Waals surface area contributed by atoms with Gasteiger partial charge in [-0.25, -0.2) is 22.5 Å². The number of rotatable bonds is 8. The topological polar surface area (TPSA) is 103 Å². The number of halogens is 1. The fraction of sp³-hybridized carbons (Fsp3) is 0.375. The number of methoxy groups -OCH3 is 1. The molecule has 2 heterocycles. The second kappa shape index (κ2) is 9.92. The number of hydrogen-bond donors (Lipinski definition) is 1. The van der Waals surface area contributed by atoms with Gasteiger partial charge < -0.3 is 4.74 Å². The van der Waals surface area contributed by atoms with Crippen LogP contribution in [0.5, 0.6) is 5.88 Å². The number of sulfonamides is 1. The number of carbonyl (C=O) groups excluding carboxylic acids is 1. The first kappa shape index (κ1) is 25.4. The number of nitrogens with one attached hydrogen (secondary N) is 1. The summed E-state index contributed by atoms with van der Waals surface area (Å²) in [6.07, 6.45) is 2.67. The predicted octanol–water partition coefficient (Wildman–Crippen LogP) is 4.15. The van der Waals surface area contributed by atoms with Gasteiger partial charge in [-0.05, 0) is 67.1 Å². The molecule has 0 fully saturated rings. The van der Waals surface area contributed by atoms with E-state index in [4.69, 9.17) is 4.74 Å². The van der Waals surface area contributed by atoms with Crippen molar-refractivity contribution < 1.29 is 22.3 Å². The lowest BCUT2D eigenvalue weighted by atomic mass is 9.88. The molecule has 8 nitrogen and oxygen atoms in total. The van der Waals surface area contributed by atoms with E-state index in [1.807, 2.05) is 27.7 Å². The van der Waals surface area contributed by atoms with Crippen LogP contribution >= 0.6 is 0 Å². The minimum absolute atomic E-state index is 0.0360. The fourth-order valence-corrected chi connectivity index (χ4v) is 4.87. The molecular formula is C24H29FN4O4S. The molecule has 34 heavy (non-hydrogen) atoms. The van der Waals surface area contributed by atoms with Gasteiger partial charge in [0.05, 0.1) is 19.2 Å². The van der Waals surface area contributed by atoms with Crippen molar-refractivity contribution in [1.29, 1.82) is 0 Å². The highest BCUT2D eigenvalue weighted by Crippen LogP contribution is 2.33. The maximum absolute atomic E-state index is 14.5. The summed E-state index contributed by atoms with van der Waals surface area (Å²) in [5.74, 6) is -0.956. The van der Waals surface area contributed by atoms with Crippen LogP contribution in [0.4, 0.5) is 4.39 Å². The predicted molar refractivity (Wildman–Crippen MR) is 127 cm³/mol. The molecule has 0 aliphatic carbocycles. The Hall–Kier alpha value is -3.27. The number of benzene rings is 1. The molecule has 0 bridgehead atoms. The second-order valence-electron chi connectivity index (χ2n) is 8.62. The van der Waals surface area contributed by atoms with Crippen LogP contribution < -0.4 is 9.46 Å². The summed E-state index contributed by atoms with van der Waals surface area (Å²) in [5, 5.41) is 4.21. The van der Waals surface area contributed by atoms with E-state index in [9.17, 15) is 17.6 Å². The summed E-state index contributed by atoms with van der Waals surface area (Å²) in [6.45, 7) is 9.09. The van der Waals surface area contributed by atoms with Gasteiger partial charge in [0.1, 0.15) is 10.7 Å². The van der Waals surface area contributed by atoms with Crippen molar-refractivity contribution in [3.8, 4) is 17.0 Å². The Balaban J connectivity index is 2.00. The van der Waals surface area contributed by atoms with Crippen LogP contribution in [0.2, 0.25) is 0 Å². The van der Waals surface area contributed by atoms with Crippen LogP contribution in [-0.2, 0) is 21.2 Å². The quantitative estimate of drug-likeness (QED) is 0.511. The van der Waals surface area contributed by atoms with Gasteiger partial charge >= 0.3 is 0 Å². The third-order valence-electron chi connectivity index (χ3n) is 5.40. The fourth-order valence-electron chi connectivity index (χ4n) is 3.71. The molecule has 0 saturated heterocycles. The van der Waals surface area contributed by atoms with Gasteiger partial charge in [-0.15, -0.1) is 0 Å². The number of pyridine rings is 1. The van der Waals surface area contributed by atoms with E-state index >= 15 is 0 Å². The van der Waals surface area contributed by atoms with Crippen LogP contribution in [0.25, 0.3) is 11.1 Å². The van der Waals surface area contributed by atoms with E-state index < -0.39 is 21.7 Å². The molecule has 0 spiro atoms. The Morgan fingerprint density at radius 1 is 1.21 bits per heavy atom. The minimum Gasteiger partial charge on any atom is -0.481 e. The van der Waals surface area contributed by atoms with Crippen molar-refractivity contribution in [3.05, 3.63) is 59.3 Å². The van der Waals surface area contributed by atoms with Crippen LogP contribution in [0.15, 0.2) is 41.6 Å². The second-order valence-corrected chi connectivity index (χ2v) is 10.3. The number of nitrogens with zero attached hydrogens (tertiary/aromatic N) is 3. The summed E-state index contributed by atoms with van der Waals surface area (Å²) in [5.41, 5.74) is 2.52. The van der Waals surface area contributed by atoms with Gasteiger partial charge in [0.15, 0.2) is 0 Å².